The molecule has 31 heavy (non-hydrogen) atoms. The van der Waals surface area contributed by atoms with Crippen molar-refractivity contribution in [3.8, 4) is 16.9 Å². The fraction of sp³-hybridized carbons (Fsp3) is 0.240. The summed E-state index contributed by atoms with van der Waals surface area (Å²) in [5.41, 5.74) is 3.20. The van der Waals surface area contributed by atoms with Gasteiger partial charge >= 0.3 is 0 Å². The van der Waals surface area contributed by atoms with Crippen molar-refractivity contribution < 1.29 is 14.3 Å². The topological polar surface area (TPSA) is 68.3 Å². The van der Waals surface area contributed by atoms with Crippen LogP contribution in [0.1, 0.15) is 29.3 Å². The molecule has 0 aliphatic rings. The Bertz CT molecular complexity index is 1010. The van der Waals surface area contributed by atoms with Crippen LogP contribution in [0.15, 0.2) is 73.1 Å². The molecule has 3 rings (SSSR count). The minimum Gasteiger partial charge on any atom is -0.487 e. The van der Waals surface area contributed by atoms with Crippen molar-refractivity contribution >= 4 is 23.5 Å². The van der Waals surface area contributed by atoms with E-state index in [0.717, 1.165) is 22.4 Å². The van der Waals surface area contributed by atoms with Crippen LogP contribution < -0.4 is 10.1 Å². The summed E-state index contributed by atoms with van der Waals surface area (Å²) in [5.74, 6) is 1.20. The highest BCUT2D eigenvalue weighted by Crippen LogP contribution is 2.26. The van der Waals surface area contributed by atoms with Crippen molar-refractivity contribution in [1.29, 1.82) is 0 Å². The molecule has 0 saturated heterocycles. The molecule has 160 valence electrons. The van der Waals surface area contributed by atoms with E-state index in [4.69, 9.17) is 4.74 Å². The van der Waals surface area contributed by atoms with Gasteiger partial charge in [0.2, 0.25) is 0 Å². The first-order valence-electron chi connectivity index (χ1n) is 10.1. The third kappa shape index (κ3) is 6.43. The van der Waals surface area contributed by atoms with E-state index >= 15 is 0 Å². The van der Waals surface area contributed by atoms with Gasteiger partial charge in [-0.05, 0) is 66.3 Å². The van der Waals surface area contributed by atoms with Crippen LogP contribution in [0.5, 0.6) is 5.75 Å². The van der Waals surface area contributed by atoms with Gasteiger partial charge < -0.3 is 10.1 Å². The van der Waals surface area contributed by atoms with Crippen molar-refractivity contribution in [2.45, 2.75) is 26.0 Å². The van der Waals surface area contributed by atoms with Crippen molar-refractivity contribution in [2.24, 2.45) is 0 Å². The van der Waals surface area contributed by atoms with E-state index in [1.54, 1.807) is 30.2 Å². The van der Waals surface area contributed by atoms with Gasteiger partial charge in [0.25, 0.3) is 5.91 Å². The fourth-order valence-corrected chi connectivity index (χ4v) is 3.66. The van der Waals surface area contributed by atoms with Gasteiger partial charge in [-0.3, -0.25) is 14.6 Å². The molecule has 0 fully saturated rings. The van der Waals surface area contributed by atoms with Crippen LogP contribution in [0.2, 0.25) is 0 Å². The van der Waals surface area contributed by atoms with Gasteiger partial charge in [-0.25, -0.2) is 0 Å². The van der Waals surface area contributed by atoms with E-state index in [9.17, 15) is 9.59 Å². The Morgan fingerprint density at radius 1 is 1.10 bits per heavy atom. The van der Waals surface area contributed by atoms with Gasteiger partial charge in [0.05, 0.1) is 12.2 Å². The lowest BCUT2D eigenvalue weighted by Gasteiger charge is -2.18. The molecule has 1 amide bonds. The number of hydrogen-bond acceptors (Lipinski definition) is 5. The van der Waals surface area contributed by atoms with Crippen LogP contribution in [0.4, 0.5) is 0 Å². The maximum Gasteiger partial charge on any atom is 0.252 e. The summed E-state index contributed by atoms with van der Waals surface area (Å²) in [6.07, 6.45) is 5.95. The van der Waals surface area contributed by atoms with E-state index < -0.39 is 6.04 Å². The number of carbonyl (C=O) groups is 2. The number of ether oxygens (including phenoxy) is 1. The SMILES string of the molecule is CSCC[C@H](NC(=O)c1ccc(COc2cccnc2)cc1-c1ccccc1)C(C)=O. The molecule has 5 nitrogen and oxygen atoms in total. The summed E-state index contributed by atoms with van der Waals surface area (Å²) in [5, 5.41) is 2.91. The van der Waals surface area contributed by atoms with E-state index in [-0.39, 0.29) is 11.7 Å². The number of pyridine rings is 1. The third-order valence-corrected chi connectivity index (χ3v) is 5.50. The first-order valence-corrected chi connectivity index (χ1v) is 11.5. The molecule has 6 heteroatoms. The molecule has 0 unspecified atom stereocenters. The summed E-state index contributed by atoms with van der Waals surface area (Å²) in [4.78, 5) is 29.2. The summed E-state index contributed by atoms with van der Waals surface area (Å²) in [6.45, 7) is 1.87. The number of aromatic nitrogens is 1. The summed E-state index contributed by atoms with van der Waals surface area (Å²) >= 11 is 1.65. The second-order valence-electron chi connectivity index (χ2n) is 7.14. The van der Waals surface area contributed by atoms with Gasteiger partial charge in [0.15, 0.2) is 5.78 Å². The van der Waals surface area contributed by atoms with Gasteiger partial charge in [-0.15, -0.1) is 0 Å². The zero-order chi connectivity index (χ0) is 22.1. The van der Waals surface area contributed by atoms with Crippen LogP contribution in [0.25, 0.3) is 11.1 Å². The van der Waals surface area contributed by atoms with Crippen LogP contribution >= 0.6 is 11.8 Å². The molecule has 0 aliphatic carbocycles. The number of benzene rings is 2. The van der Waals surface area contributed by atoms with Crippen LogP contribution in [0.3, 0.4) is 0 Å². The highest BCUT2D eigenvalue weighted by atomic mass is 32.2. The zero-order valence-electron chi connectivity index (χ0n) is 17.7. The molecular formula is C25H26N2O3S. The first-order chi connectivity index (χ1) is 15.1. The van der Waals surface area contributed by atoms with Gasteiger partial charge in [-0.2, -0.15) is 11.8 Å². The Labute approximate surface area is 187 Å². The fourth-order valence-electron chi connectivity index (χ4n) is 3.18. The van der Waals surface area contributed by atoms with E-state index in [1.807, 2.05) is 60.9 Å². The number of ketones is 1. The highest BCUT2D eigenvalue weighted by Gasteiger charge is 2.20. The minimum atomic E-state index is -0.489. The second-order valence-corrected chi connectivity index (χ2v) is 8.13. The average molecular weight is 435 g/mol. The predicted molar refractivity (Wildman–Crippen MR) is 125 cm³/mol. The molecule has 1 atom stereocenters. The van der Waals surface area contributed by atoms with E-state index in [0.29, 0.717) is 24.3 Å². The Morgan fingerprint density at radius 2 is 1.90 bits per heavy atom. The molecule has 1 N–H and O–H groups in total. The monoisotopic (exact) mass is 434 g/mol. The number of hydrogen-bond donors (Lipinski definition) is 1. The van der Waals surface area contributed by atoms with Crippen LogP contribution in [0, 0.1) is 0 Å². The van der Waals surface area contributed by atoms with Crippen molar-refractivity contribution in [3.63, 3.8) is 0 Å². The van der Waals surface area contributed by atoms with Crippen LogP contribution in [-0.2, 0) is 11.4 Å². The summed E-state index contributed by atoms with van der Waals surface area (Å²) in [7, 11) is 0. The smallest absolute Gasteiger partial charge is 0.252 e. The Balaban J connectivity index is 1.86. The number of thioether (sulfide) groups is 1. The number of amides is 1. The Hall–Kier alpha value is -3.12. The molecule has 0 bridgehead atoms. The zero-order valence-corrected chi connectivity index (χ0v) is 18.5. The maximum atomic E-state index is 13.1. The standard InChI is InChI=1S/C25H26N2O3S/c1-18(28)24(12-14-31-2)27-25(29)22-11-10-19(17-30-21-9-6-13-26-16-21)15-23(22)20-7-4-3-5-8-20/h3-11,13,15-16,24H,12,14,17H2,1-2H3,(H,27,29)/t24-/m0/s1. The largest absolute Gasteiger partial charge is 0.487 e. The normalized spacial score (nSPS) is 11.5. The third-order valence-electron chi connectivity index (χ3n) is 4.86. The molecule has 0 saturated carbocycles. The quantitative estimate of drug-likeness (QED) is 0.498. The Morgan fingerprint density at radius 3 is 2.58 bits per heavy atom. The molecule has 1 aromatic heterocycles. The highest BCUT2D eigenvalue weighted by molar-refractivity contribution is 7.98. The summed E-state index contributed by atoms with van der Waals surface area (Å²) in [6, 6.07) is 18.6. The molecule has 2 aromatic carbocycles. The number of Topliss-reactive ketones (excluding diaryl/α,β-unsaturated/α-hetero) is 1. The van der Waals surface area contributed by atoms with Gasteiger partial charge in [0, 0.05) is 11.8 Å². The number of rotatable bonds is 10. The maximum absolute atomic E-state index is 13.1. The Kier molecular flexibility index (Phi) is 8.24. The average Bonchev–Trinajstić information content (AvgIpc) is 2.81. The van der Waals surface area contributed by atoms with Crippen LogP contribution in [-0.4, -0.2) is 34.7 Å². The molecule has 1 heterocycles. The van der Waals surface area contributed by atoms with Crippen molar-refractivity contribution in [1.82, 2.24) is 10.3 Å². The molecular weight excluding hydrogens is 408 g/mol. The van der Waals surface area contributed by atoms with Gasteiger partial charge in [-0.1, -0.05) is 36.4 Å². The molecule has 3 aromatic rings. The van der Waals surface area contributed by atoms with Crippen molar-refractivity contribution in [2.75, 3.05) is 12.0 Å². The first kappa shape index (κ1) is 22.6. The summed E-state index contributed by atoms with van der Waals surface area (Å²) < 4.78 is 5.81. The minimum absolute atomic E-state index is 0.0369. The van der Waals surface area contributed by atoms with E-state index in [1.165, 1.54) is 6.92 Å². The lowest BCUT2D eigenvalue weighted by Crippen LogP contribution is -2.40. The molecule has 0 radical (unpaired) electrons. The number of nitrogens with zero attached hydrogens (tertiary/aromatic N) is 1. The van der Waals surface area contributed by atoms with Crippen molar-refractivity contribution in [3.05, 3.63) is 84.2 Å². The number of nitrogens with one attached hydrogen (secondary N) is 1. The van der Waals surface area contributed by atoms with Gasteiger partial charge in [0.1, 0.15) is 12.4 Å². The lowest BCUT2D eigenvalue weighted by molar-refractivity contribution is -0.118. The predicted octanol–water partition coefficient (Wildman–Crippen LogP) is 4.77. The molecule has 0 spiro atoms. The lowest BCUT2D eigenvalue weighted by atomic mass is 9.96. The number of carbonyl (C=O) groups excluding carboxylic acids is 2. The van der Waals surface area contributed by atoms with E-state index in [2.05, 4.69) is 10.3 Å². The molecule has 0 aliphatic heterocycles. The second kappa shape index (κ2) is 11.3.